The van der Waals surface area contributed by atoms with Crippen LogP contribution in [0.3, 0.4) is 0 Å². The second kappa shape index (κ2) is 3.88. The highest BCUT2D eigenvalue weighted by atomic mass is 19.4. The van der Waals surface area contributed by atoms with Crippen molar-refractivity contribution < 1.29 is 26.3 Å². The van der Waals surface area contributed by atoms with Crippen molar-refractivity contribution in [3.63, 3.8) is 0 Å². The van der Waals surface area contributed by atoms with E-state index < -0.39 is 23.8 Å². The molecule has 0 heterocycles. The molecule has 90 valence electrons. The van der Waals surface area contributed by atoms with Gasteiger partial charge in [-0.2, -0.15) is 26.3 Å². The van der Waals surface area contributed by atoms with E-state index in [9.17, 15) is 26.3 Å². The lowest BCUT2D eigenvalue weighted by atomic mass is 9.97. The lowest BCUT2D eigenvalue weighted by Gasteiger charge is -2.23. The highest BCUT2D eigenvalue weighted by Gasteiger charge is 2.57. The molecule has 1 nitrogen and oxygen atoms in total. The van der Waals surface area contributed by atoms with Crippen LogP contribution in [0.15, 0.2) is 24.3 Å². The fourth-order valence-electron chi connectivity index (χ4n) is 1.30. The van der Waals surface area contributed by atoms with Gasteiger partial charge in [0.2, 0.25) is 0 Å². The van der Waals surface area contributed by atoms with Crippen molar-refractivity contribution in [1.82, 2.24) is 0 Å². The van der Waals surface area contributed by atoms with Gasteiger partial charge in [0.25, 0.3) is 0 Å². The molecule has 0 saturated carbocycles. The zero-order chi connectivity index (χ0) is 12.6. The highest BCUT2D eigenvalue weighted by molar-refractivity contribution is 5.42. The molecule has 0 fully saturated rings. The van der Waals surface area contributed by atoms with Crippen LogP contribution in [0.1, 0.15) is 11.5 Å². The maximum Gasteiger partial charge on any atom is 0.404 e. The van der Waals surface area contributed by atoms with Crippen molar-refractivity contribution in [3.05, 3.63) is 29.8 Å². The molecule has 7 heteroatoms. The summed E-state index contributed by atoms with van der Waals surface area (Å²) in [7, 11) is 0. The predicted molar refractivity (Wildman–Crippen MR) is 45.7 cm³/mol. The van der Waals surface area contributed by atoms with Crippen LogP contribution < -0.4 is 5.73 Å². The molecule has 0 aliphatic heterocycles. The number of hydrogen-bond donors (Lipinski definition) is 1. The van der Waals surface area contributed by atoms with Gasteiger partial charge in [0, 0.05) is 5.69 Å². The summed E-state index contributed by atoms with van der Waals surface area (Å²) in [5.41, 5.74) is 4.10. The third kappa shape index (κ3) is 2.80. The molecule has 0 bridgehead atoms. The maximum atomic E-state index is 12.3. The normalized spacial score (nSPS) is 13.2. The Morgan fingerprint density at radius 2 is 1.44 bits per heavy atom. The number of halogens is 6. The Bertz CT molecular complexity index is 353. The number of hydrogen-bond acceptors (Lipinski definition) is 1. The van der Waals surface area contributed by atoms with Crippen LogP contribution in [0.2, 0.25) is 0 Å². The Morgan fingerprint density at radius 3 is 1.81 bits per heavy atom. The molecule has 0 atom stereocenters. The molecule has 1 rings (SSSR count). The number of benzene rings is 1. The third-order valence-corrected chi connectivity index (χ3v) is 1.90. The molecule has 0 saturated heterocycles. The standard InChI is InChI=1S/C9H7F6N/c10-8(11,12)7(9(13,14)15)5-2-1-3-6(16)4-5/h1-4,7H,16H2. The van der Waals surface area contributed by atoms with E-state index in [-0.39, 0.29) is 5.69 Å². The minimum Gasteiger partial charge on any atom is -0.399 e. The van der Waals surface area contributed by atoms with E-state index in [1.54, 1.807) is 0 Å². The average Bonchev–Trinajstić information content (AvgIpc) is 1.97. The minimum absolute atomic E-state index is 0.143. The van der Waals surface area contributed by atoms with Crippen molar-refractivity contribution in [3.8, 4) is 0 Å². The first-order valence-electron chi connectivity index (χ1n) is 4.11. The first-order valence-corrected chi connectivity index (χ1v) is 4.11. The molecule has 0 aliphatic carbocycles. The second-order valence-corrected chi connectivity index (χ2v) is 3.19. The number of alkyl halides is 6. The zero-order valence-electron chi connectivity index (χ0n) is 7.73. The Balaban J connectivity index is 3.23. The summed E-state index contributed by atoms with van der Waals surface area (Å²) in [6, 6.07) is 3.69. The van der Waals surface area contributed by atoms with E-state index in [0.717, 1.165) is 12.1 Å². The van der Waals surface area contributed by atoms with Gasteiger partial charge < -0.3 is 5.73 Å². The van der Waals surface area contributed by atoms with Crippen molar-refractivity contribution in [2.24, 2.45) is 0 Å². The first kappa shape index (κ1) is 12.7. The van der Waals surface area contributed by atoms with Crippen LogP contribution in [0.5, 0.6) is 0 Å². The highest BCUT2D eigenvalue weighted by Crippen LogP contribution is 2.46. The van der Waals surface area contributed by atoms with Crippen LogP contribution in [0, 0.1) is 0 Å². The quantitative estimate of drug-likeness (QED) is 0.593. The van der Waals surface area contributed by atoms with Crippen LogP contribution in [-0.2, 0) is 0 Å². The summed E-state index contributed by atoms with van der Waals surface area (Å²) in [5.74, 6) is -3.50. The molecule has 0 aliphatic rings. The van der Waals surface area contributed by atoms with Crippen molar-refractivity contribution in [2.45, 2.75) is 18.3 Å². The molecule has 0 spiro atoms. The average molecular weight is 243 g/mol. The lowest BCUT2D eigenvalue weighted by Crippen LogP contribution is -2.34. The minimum atomic E-state index is -5.38. The van der Waals surface area contributed by atoms with Gasteiger partial charge in [-0.15, -0.1) is 0 Å². The topological polar surface area (TPSA) is 26.0 Å². The van der Waals surface area contributed by atoms with Gasteiger partial charge in [-0.3, -0.25) is 0 Å². The summed E-state index contributed by atoms with van der Waals surface area (Å²) in [5, 5.41) is 0. The Kier molecular flexibility index (Phi) is 3.07. The van der Waals surface area contributed by atoms with Crippen molar-refractivity contribution >= 4 is 5.69 Å². The molecule has 0 unspecified atom stereocenters. The van der Waals surface area contributed by atoms with Gasteiger partial charge in [-0.25, -0.2) is 0 Å². The Labute approximate surface area is 86.9 Å². The zero-order valence-corrected chi connectivity index (χ0v) is 7.73. The van der Waals surface area contributed by atoms with Gasteiger partial charge in [0.1, 0.15) is 0 Å². The van der Waals surface area contributed by atoms with Gasteiger partial charge in [0.15, 0.2) is 5.92 Å². The van der Waals surface area contributed by atoms with E-state index in [0.29, 0.717) is 6.07 Å². The SMILES string of the molecule is Nc1cccc(C(C(F)(F)F)C(F)(F)F)c1. The molecule has 0 amide bonds. The van der Waals surface area contributed by atoms with Gasteiger partial charge in [0.05, 0.1) is 0 Å². The van der Waals surface area contributed by atoms with Crippen LogP contribution >= 0.6 is 0 Å². The molecular formula is C9H7F6N. The van der Waals surface area contributed by atoms with E-state index in [2.05, 4.69) is 0 Å². The summed E-state index contributed by atoms with van der Waals surface area (Å²) >= 11 is 0. The molecule has 0 aromatic heterocycles. The number of nitrogens with two attached hydrogens (primary N) is 1. The predicted octanol–water partition coefficient (Wildman–Crippen LogP) is 3.48. The van der Waals surface area contributed by atoms with Crippen LogP contribution in [0.4, 0.5) is 32.0 Å². The number of rotatable bonds is 1. The van der Waals surface area contributed by atoms with E-state index in [1.165, 1.54) is 6.07 Å². The van der Waals surface area contributed by atoms with Gasteiger partial charge >= 0.3 is 12.4 Å². The van der Waals surface area contributed by atoms with Crippen molar-refractivity contribution in [1.29, 1.82) is 0 Å². The second-order valence-electron chi connectivity index (χ2n) is 3.19. The maximum absolute atomic E-state index is 12.3. The van der Waals surface area contributed by atoms with Gasteiger partial charge in [-0.1, -0.05) is 12.1 Å². The lowest BCUT2D eigenvalue weighted by molar-refractivity contribution is -0.253. The summed E-state index contributed by atoms with van der Waals surface area (Å²) in [4.78, 5) is 0. The number of anilines is 1. The van der Waals surface area contributed by atoms with E-state index in [4.69, 9.17) is 5.73 Å². The van der Waals surface area contributed by atoms with Crippen LogP contribution in [-0.4, -0.2) is 12.4 Å². The Hall–Kier alpha value is -1.40. The monoisotopic (exact) mass is 243 g/mol. The summed E-state index contributed by atoms with van der Waals surface area (Å²) < 4.78 is 73.6. The van der Waals surface area contributed by atoms with E-state index in [1.807, 2.05) is 0 Å². The smallest absolute Gasteiger partial charge is 0.399 e. The summed E-state index contributed by atoms with van der Waals surface area (Å²) in [6.45, 7) is 0. The largest absolute Gasteiger partial charge is 0.404 e. The van der Waals surface area contributed by atoms with Crippen LogP contribution in [0.25, 0.3) is 0 Å². The number of nitrogen functional groups attached to an aromatic ring is 1. The molecule has 2 N–H and O–H groups in total. The molecule has 16 heavy (non-hydrogen) atoms. The fourth-order valence-corrected chi connectivity index (χ4v) is 1.30. The van der Waals surface area contributed by atoms with E-state index >= 15 is 0 Å². The summed E-state index contributed by atoms with van der Waals surface area (Å²) in [6.07, 6.45) is -10.8. The van der Waals surface area contributed by atoms with Gasteiger partial charge in [-0.05, 0) is 17.7 Å². The molecule has 1 aromatic rings. The van der Waals surface area contributed by atoms with Crippen molar-refractivity contribution in [2.75, 3.05) is 5.73 Å². The molecular weight excluding hydrogens is 236 g/mol. The fraction of sp³-hybridized carbons (Fsp3) is 0.333. The third-order valence-electron chi connectivity index (χ3n) is 1.90. The molecule has 1 aromatic carbocycles. The first-order chi connectivity index (χ1) is 7.12. The molecule has 0 radical (unpaired) electrons. The Morgan fingerprint density at radius 1 is 0.938 bits per heavy atom.